The Morgan fingerprint density at radius 2 is 0.831 bits per heavy atom. The number of pyridine rings is 2. The molecule has 14 nitrogen and oxygen atoms in total. The van der Waals surface area contributed by atoms with E-state index >= 15 is 0 Å². The van der Waals surface area contributed by atoms with Crippen LogP contribution in [0.4, 0.5) is 11.4 Å². The average molecular weight is 1070 g/mol. The SMILES string of the molecule is [C-]#[N+]c1c(-c2ccc(-c3c(C)noc3C)cc2)nc(C)c([C@H](OC(C)(C)C)C(=O)O)c1-c1ccc(Cl)cc1.[C-]#[N+]c1c(-c2ccc(-c3c(C)noc3C)cc2)nc(C)c([C@H](OC(C)(C)C)C(=O)OC)c1-c1ccc(Cl)cc1. The van der Waals surface area contributed by atoms with Gasteiger partial charge in [-0.2, -0.15) is 0 Å². The summed E-state index contributed by atoms with van der Waals surface area (Å²) in [7, 11) is 1.32. The first-order valence-electron chi connectivity index (χ1n) is 24.5. The zero-order chi connectivity index (χ0) is 56.3. The number of carboxylic acids is 1. The van der Waals surface area contributed by atoms with E-state index in [9.17, 15) is 14.7 Å². The highest BCUT2D eigenvalue weighted by molar-refractivity contribution is 6.31. The van der Waals surface area contributed by atoms with Crippen molar-refractivity contribution >= 4 is 46.5 Å². The van der Waals surface area contributed by atoms with Gasteiger partial charge in [0.1, 0.15) is 11.5 Å². The van der Waals surface area contributed by atoms with E-state index < -0.39 is 35.3 Å². The number of benzene rings is 4. The lowest BCUT2D eigenvalue weighted by Crippen LogP contribution is -2.29. The van der Waals surface area contributed by atoms with Crippen LogP contribution in [0.25, 0.3) is 76.7 Å². The molecule has 0 radical (unpaired) electrons. The molecule has 8 rings (SSSR count). The van der Waals surface area contributed by atoms with Gasteiger partial charge in [-0.25, -0.2) is 19.3 Å². The van der Waals surface area contributed by atoms with E-state index in [2.05, 4.69) is 20.0 Å². The number of halogens is 2. The second-order valence-electron chi connectivity index (χ2n) is 20.2. The van der Waals surface area contributed by atoms with Crippen LogP contribution in [-0.2, 0) is 23.8 Å². The topological polar surface area (TPSA) is 169 Å². The number of carbonyl (C=O) groups is 2. The van der Waals surface area contributed by atoms with E-state index in [0.717, 1.165) is 56.3 Å². The molecule has 8 aromatic rings. The number of methoxy groups -OCH3 is 1. The lowest BCUT2D eigenvalue weighted by Gasteiger charge is -2.29. The summed E-state index contributed by atoms with van der Waals surface area (Å²) in [5, 5.41) is 19.3. The Balaban J connectivity index is 0.000000224. The van der Waals surface area contributed by atoms with Gasteiger partial charge in [-0.1, -0.05) is 106 Å². The van der Waals surface area contributed by atoms with Gasteiger partial charge in [0.25, 0.3) is 0 Å². The van der Waals surface area contributed by atoms with Crippen LogP contribution in [0.15, 0.2) is 106 Å². The minimum Gasteiger partial charge on any atom is -0.479 e. The zero-order valence-electron chi connectivity index (χ0n) is 45.1. The molecular weight excluding hydrogens is 1020 g/mol. The molecule has 16 heteroatoms. The van der Waals surface area contributed by atoms with Crippen LogP contribution in [0, 0.1) is 54.7 Å². The van der Waals surface area contributed by atoms with Crippen LogP contribution in [0.2, 0.25) is 10.0 Å². The van der Waals surface area contributed by atoms with Crippen LogP contribution in [-0.4, -0.2) is 55.6 Å². The summed E-state index contributed by atoms with van der Waals surface area (Å²) in [6.45, 7) is 38.3. The monoisotopic (exact) mass is 1070 g/mol. The van der Waals surface area contributed by atoms with Crippen molar-refractivity contribution in [3.63, 3.8) is 0 Å². The van der Waals surface area contributed by atoms with Crippen molar-refractivity contribution in [3.05, 3.63) is 175 Å². The third-order valence-electron chi connectivity index (χ3n) is 12.4. The summed E-state index contributed by atoms with van der Waals surface area (Å²) in [5.74, 6) is -0.276. The van der Waals surface area contributed by atoms with Gasteiger partial charge in [-0.15, -0.1) is 0 Å². The molecule has 1 N–H and O–H groups in total. The molecular formula is C61H58Cl2N6O8. The van der Waals surface area contributed by atoms with E-state index in [4.69, 9.17) is 69.6 Å². The highest BCUT2D eigenvalue weighted by Crippen LogP contribution is 2.48. The number of rotatable bonds is 12. The van der Waals surface area contributed by atoms with Crippen molar-refractivity contribution < 1.29 is 38.0 Å². The highest BCUT2D eigenvalue weighted by Gasteiger charge is 2.36. The number of aliphatic carboxylic acids is 1. The van der Waals surface area contributed by atoms with Gasteiger partial charge in [-0.05, 0) is 152 Å². The van der Waals surface area contributed by atoms with Crippen molar-refractivity contribution in [2.75, 3.05) is 7.11 Å². The summed E-state index contributed by atoms with van der Waals surface area (Å²) in [6.07, 6.45) is -2.42. The van der Waals surface area contributed by atoms with Crippen molar-refractivity contribution in [3.8, 4) is 67.0 Å². The van der Waals surface area contributed by atoms with Crippen LogP contribution >= 0.6 is 23.2 Å². The van der Waals surface area contributed by atoms with Crippen LogP contribution in [0.1, 0.15) is 99.2 Å². The van der Waals surface area contributed by atoms with Crippen LogP contribution in [0.3, 0.4) is 0 Å². The summed E-state index contributed by atoms with van der Waals surface area (Å²) in [5.41, 5.74) is 11.1. The minimum atomic E-state index is -1.33. The van der Waals surface area contributed by atoms with Gasteiger partial charge < -0.3 is 28.4 Å². The number of aromatic nitrogens is 4. The summed E-state index contributed by atoms with van der Waals surface area (Å²) < 4.78 is 28.0. The lowest BCUT2D eigenvalue weighted by atomic mass is 9.90. The van der Waals surface area contributed by atoms with E-state index in [-0.39, 0.29) is 5.69 Å². The fraction of sp³-hybridized carbons (Fsp3) is 0.279. The second-order valence-corrected chi connectivity index (χ2v) is 21.1. The smallest absolute Gasteiger partial charge is 0.339 e. The number of carbonyl (C=O) groups excluding carboxylic acids is 1. The van der Waals surface area contributed by atoms with Crippen molar-refractivity contribution in [1.82, 2.24) is 20.3 Å². The van der Waals surface area contributed by atoms with E-state index in [1.807, 2.05) is 116 Å². The number of aryl methyl sites for hydroxylation is 6. The standard InChI is InChI=1S/C31H30ClN3O4.C30H28ClN3O4/c1-17-25(29(30(36)37-8)38-31(4,5)6)26(21-13-15-23(32)16-14-21)28(33-7)27(34-17)22-11-9-20(10-12-22)24-18(2)35-39-19(24)3;1-16-24(28(29(35)36)37-30(4,5)6)25(20-12-14-22(31)15-13-20)27(32-7)26(33-16)21-10-8-19(9-11-21)23-17(2)34-38-18(23)3/h9-16,29H,1-6,8H3;8-15,28H,1-6H3,(H,35,36)/t29-;28-/m00/s1. The molecule has 0 saturated carbocycles. The predicted molar refractivity (Wildman–Crippen MR) is 299 cm³/mol. The van der Waals surface area contributed by atoms with Gasteiger partial charge >= 0.3 is 11.9 Å². The first kappa shape index (κ1) is 56.7. The van der Waals surface area contributed by atoms with E-state index in [1.54, 1.807) is 64.1 Å². The van der Waals surface area contributed by atoms with E-state index in [1.165, 1.54) is 7.11 Å². The Hall–Kier alpha value is -7.98. The molecule has 2 atom stereocenters. The summed E-state index contributed by atoms with van der Waals surface area (Å²) in [6, 6.07) is 29.5. The molecule has 0 bridgehead atoms. The van der Waals surface area contributed by atoms with Crippen molar-refractivity contribution in [1.29, 1.82) is 0 Å². The first-order valence-corrected chi connectivity index (χ1v) is 25.2. The molecule has 394 valence electrons. The molecule has 77 heavy (non-hydrogen) atoms. The molecule has 0 unspecified atom stereocenters. The Morgan fingerprint density at radius 3 is 1.13 bits per heavy atom. The maximum Gasteiger partial charge on any atom is 0.339 e. The van der Waals surface area contributed by atoms with E-state index in [0.29, 0.717) is 71.9 Å². The minimum absolute atomic E-state index is 0.238. The molecule has 0 aliphatic carbocycles. The van der Waals surface area contributed by atoms with Gasteiger partial charge in [0.15, 0.2) is 12.2 Å². The number of ether oxygens (including phenoxy) is 3. The van der Waals surface area contributed by atoms with Gasteiger partial charge in [0, 0.05) is 43.7 Å². The van der Waals surface area contributed by atoms with Gasteiger partial charge in [0.2, 0.25) is 11.4 Å². The molecule has 4 aromatic heterocycles. The highest BCUT2D eigenvalue weighted by atomic mass is 35.5. The summed E-state index contributed by atoms with van der Waals surface area (Å²) in [4.78, 5) is 42.9. The number of carboxylic acid groups (broad SMARTS) is 1. The molecule has 0 aliphatic heterocycles. The lowest BCUT2D eigenvalue weighted by molar-refractivity contribution is -0.164. The van der Waals surface area contributed by atoms with Gasteiger partial charge in [-0.3, -0.25) is 9.97 Å². The maximum absolute atomic E-state index is 13.1. The number of nitrogens with zero attached hydrogens (tertiary/aromatic N) is 6. The van der Waals surface area contributed by atoms with Crippen LogP contribution < -0.4 is 0 Å². The quantitative estimate of drug-likeness (QED) is 0.0909. The third kappa shape index (κ3) is 12.5. The Kier molecular flexibility index (Phi) is 17.0. The third-order valence-corrected chi connectivity index (χ3v) is 12.9. The van der Waals surface area contributed by atoms with Crippen molar-refractivity contribution in [2.45, 2.75) is 106 Å². The molecule has 0 spiro atoms. The van der Waals surface area contributed by atoms with Crippen LogP contribution in [0.5, 0.6) is 0 Å². The Labute approximate surface area is 458 Å². The van der Waals surface area contributed by atoms with Crippen molar-refractivity contribution in [2.24, 2.45) is 0 Å². The molecule has 0 saturated heterocycles. The first-order chi connectivity index (χ1) is 36.4. The fourth-order valence-corrected chi connectivity index (χ4v) is 9.40. The molecule has 0 fully saturated rings. The molecule has 4 heterocycles. The fourth-order valence-electron chi connectivity index (χ4n) is 9.15. The largest absolute Gasteiger partial charge is 0.479 e. The molecule has 0 amide bonds. The number of esters is 1. The number of hydrogen-bond acceptors (Lipinski definition) is 11. The Bertz CT molecular complexity index is 3540. The number of hydrogen-bond donors (Lipinski definition) is 1. The maximum atomic E-state index is 13.1. The van der Waals surface area contributed by atoms with Gasteiger partial charge in [0.05, 0.1) is 54.2 Å². The second kappa shape index (κ2) is 23.1. The molecule has 0 aliphatic rings. The summed E-state index contributed by atoms with van der Waals surface area (Å²) >= 11 is 12.3. The average Bonchev–Trinajstić information content (AvgIpc) is 3.91. The zero-order valence-corrected chi connectivity index (χ0v) is 46.6. The normalized spacial score (nSPS) is 12.2. The molecule has 4 aromatic carbocycles. The Morgan fingerprint density at radius 1 is 0.519 bits per heavy atom. The predicted octanol–water partition coefficient (Wildman–Crippen LogP) is 16.4.